The lowest BCUT2D eigenvalue weighted by atomic mass is 10.2. The van der Waals surface area contributed by atoms with E-state index in [4.69, 9.17) is 5.73 Å². The van der Waals surface area contributed by atoms with Crippen molar-refractivity contribution < 1.29 is 0 Å². The highest BCUT2D eigenvalue weighted by Crippen LogP contribution is 2.09. The third kappa shape index (κ3) is 3.22. The molecule has 2 N–H and O–H groups in total. The van der Waals surface area contributed by atoms with Crippen LogP contribution in [0.25, 0.3) is 0 Å². The maximum Gasteiger partial charge on any atom is 0.191 e. The first kappa shape index (κ1) is 12.0. The van der Waals surface area contributed by atoms with Crippen molar-refractivity contribution in [3.8, 4) is 0 Å². The summed E-state index contributed by atoms with van der Waals surface area (Å²) in [6, 6.07) is 0. The van der Waals surface area contributed by atoms with Crippen LogP contribution in [0.4, 0.5) is 0 Å². The topological polar surface area (TPSA) is 59.4 Å². The van der Waals surface area contributed by atoms with Gasteiger partial charge in [-0.25, -0.2) is 9.98 Å². The van der Waals surface area contributed by atoms with E-state index in [0.29, 0.717) is 12.5 Å². The zero-order valence-corrected chi connectivity index (χ0v) is 10.5. The number of imidazole rings is 1. The van der Waals surface area contributed by atoms with Gasteiger partial charge in [0.1, 0.15) is 12.4 Å². The van der Waals surface area contributed by atoms with Crippen molar-refractivity contribution >= 4 is 5.96 Å². The molecule has 1 aromatic rings. The lowest BCUT2D eigenvalue weighted by Crippen LogP contribution is -2.38. The van der Waals surface area contributed by atoms with E-state index in [9.17, 15) is 0 Å². The Morgan fingerprint density at radius 2 is 2.06 bits per heavy atom. The highest BCUT2D eigenvalue weighted by Gasteiger charge is 2.10. The van der Waals surface area contributed by atoms with E-state index in [2.05, 4.69) is 14.9 Å². The molecule has 0 spiro atoms. The molecule has 1 aromatic heterocycles. The minimum absolute atomic E-state index is 0.561. The van der Waals surface area contributed by atoms with Crippen LogP contribution < -0.4 is 5.73 Å². The van der Waals surface area contributed by atoms with Gasteiger partial charge in [-0.2, -0.15) is 0 Å². The van der Waals surface area contributed by atoms with Gasteiger partial charge in [-0.3, -0.25) is 0 Å². The van der Waals surface area contributed by atoms with Crippen molar-refractivity contribution in [1.82, 2.24) is 14.5 Å². The Morgan fingerprint density at radius 3 is 2.65 bits per heavy atom. The summed E-state index contributed by atoms with van der Waals surface area (Å²) in [5, 5.41) is 0. The molecule has 5 heteroatoms. The summed E-state index contributed by atoms with van der Waals surface area (Å²) < 4.78 is 1.97. The predicted octanol–water partition coefficient (Wildman–Crippen LogP) is 1.11. The highest BCUT2D eigenvalue weighted by atomic mass is 15.3. The van der Waals surface area contributed by atoms with Crippen molar-refractivity contribution in [3.05, 3.63) is 18.2 Å². The number of hydrogen-bond acceptors (Lipinski definition) is 2. The van der Waals surface area contributed by atoms with E-state index in [1.54, 1.807) is 6.20 Å². The number of nitrogens with zero attached hydrogens (tertiary/aromatic N) is 4. The molecule has 0 saturated carbocycles. The Kier molecular flexibility index (Phi) is 4.01. The van der Waals surface area contributed by atoms with E-state index in [0.717, 1.165) is 18.9 Å². The van der Waals surface area contributed by atoms with Gasteiger partial charge in [0.25, 0.3) is 0 Å². The van der Waals surface area contributed by atoms with Crippen LogP contribution in [0.1, 0.15) is 31.5 Å². The molecular formula is C12H21N5. The Balaban J connectivity index is 1.94. The molecule has 0 aliphatic carbocycles. The van der Waals surface area contributed by atoms with Crippen LogP contribution in [-0.2, 0) is 13.6 Å². The van der Waals surface area contributed by atoms with Gasteiger partial charge in [-0.1, -0.05) is 12.8 Å². The fourth-order valence-corrected chi connectivity index (χ4v) is 2.10. The Hall–Kier alpha value is -1.52. The molecule has 0 amide bonds. The molecule has 1 aliphatic rings. The van der Waals surface area contributed by atoms with Crippen LogP contribution >= 0.6 is 0 Å². The number of guanidine groups is 1. The van der Waals surface area contributed by atoms with Crippen LogP contribution in [0.2, 0.25) is 0 Å². The second-order valence-electron chi connectivity index (χ2n) is 4.53. The summed E-state index contributed by atoms with van der Waals surface area (Å²) in [5.41, 5.74) is 6.02. The molecular weight excluding hydrogens is 214 g/mol. The second-order valence-corrected chi connectivity index (χ2v) is 4.53. The van der Waals surface area contributed by atoms with Gasteiger partial charge in [0, 0.05) is 32.5 Å². The Morgan fingerprint density at radius 1 is 1.35 bits per heavy atom. The van der Waals surface area contributed by atoms with E-state index in [1.165, 1.54) is 25.7 Å². The standard InChI is InChI=1S/C12H21N5/c1-16-9-6-14-11(16)10-15-12(13)17-7-4-2-3-5-8-17/h6,9H,2-5,7-8,10H2,1H3,(H2,13,15). The average Bonchev–Trinajstić information content (AvgIpc) is 2.58. The minimum atomic E-state index is 0.561. The van der Waals surface area contributed by atoms with Crippen molar-refractivity contribution in [3.63, 3.8) is 0 Å². The third-order valence-electron chi connectivity index (χ3n) is 3.23. The summed E-state index contributed by atoms with van der Waals surface area (Å²) in [7, 11) is 1.97. The quantitative estimate of drug-likeness (QED) is 0.617. The van der Waals surface area contributed by atoms with Crippen LogP contribution in [0.15, 0.2) is 17.4 Å². The third-order valence-corrected chi connectivity index (χ3v) is 3.23. The zero-order valence-electron chi connectivity index (χ0n) is 10.5. The molecule has 2 rings (SSSR count). The number of hydrogen-bond donors (Lipinski definition) is 1. The van der Waals surface area contributed by atoms with Crippen molar-refractivity contribution in [2.24, 2.45) is 17.8 Å². The van der Waals surface area contributed by atoms with Crippen LogP contribution in [-0.4, -0.2) is 33.5 Å². The molecule has 0 radical (unpaired) electrons. The molecule has 5 nitrogen and oxygen atoms in total. The largest absolute Gasteiger partial charge is 0.370 e. The summed E-state index contributed by atoms with van der Waals surface area (Å²) in [6.45, 7) is 2.64. The van der Waals surface area contributed by atoms with Crippen LogP contribution in [0, 0.1) is 0 Å². The smallest absolute Gasteiger partial charge is 0.191 e. The SMILES string of the molecule is Cn1ccnc1CN=C(N)N1CCCCCC1. The van der Waals surface area contributed by atoms with E-state index in [-0.39, 0.29) is 0 Å². The second kappa shape index (κ2) is 5.70. The predicted molar refractivity (Wildman–Crippen MR) is 68.6 cm³/mol. The Bertz CT molecular complexity index is 374. The first-order valence-corrected chi connectivity index (χ1v) is 6.28. The summed E-state index contributed by atoms with van der Waals surface area (Å²) in [4.78, 5) is 10.9. The van der Waals surface area contributed by atoms with Gasteiger partial charge in [-0.15, -0.1) is 0 Å². The van der Waals surface area contributed by atoms with Gasteiger partial charge in [-0.05, 0) is 12.8 Å². The van der Waals surface area contributed by atoms with Crippen molar-refractivity contribution in [2.45, 2.75) is 32.2 Å². The first-order chi connectivity index (χ1) is 8.27. The summed E-state index contributed by atoms with van der Waals surface area (Å²) in [6.07, 6.45) is 8.77. The van der Waals surface area contributed by atoms with Crippen molar-refractivity contribution in [1.29, 1.82) is 0 Å². The molecule has 0 unspecified atom stereocenters. The average molecular weight is 235 g/mol. The summed E-state index contributed by atoms with van der Waals surface area (Å²) in [5.74, 6) is 1.61. The van der Waals surface area contributed by atoms with Gasteiger partial charge in [0.15, 0.2) is 5.96 Å². The molecule has 0 bridgehead atoms. The normalized spacial score (nSPS) is 18.2. The number of aliphatic imine (C=N–C) groups is 1. The van der Waals surface area contributed by atoms with Gasteiger partial charge in [0.05, 0.1) is 0 Å². The van der Waals surface area contributed by atoms with Crippen LogP contribution in [0.3, 0.4) is 0 Å². The Labute approximate surface area is 102 Å². The lowest BCUT2D eigenvalue weighted by molar-refractivity contribution is 0.428. The fourth-order valence-electron chi connectivity index (χ4n) is 2.10. The number of aromatic nitrogens is 2. The van der Waals surface area contributed by atoms with E-state index in [1.807, 2.05) is 17.8 Å². The zero-order chi connectivity index (χ0) is 12.1. The highest BCUT2D eigenvalue weighted by molar-refractivity contribution is 5.78. The van der Waals surface area contributed by atoms with Crippen LogP contribution in [0.5, 0.6) is 0 Å². The van der Waals surface area contributed by atoms with Gasteiger partial charge < -0.3 is 15.2 Å². The molecule has 94 valence electrons. The number of likely N-dealkylation sites (tertiary alicyclic amines) is 1. The molecule has 1 aliphatic heterocycles. The number of aryl methyl sites for hydroxylation is 1. The molecule has 1 saturated heterocycles. The molecule has 1 fully saturated rings. The van der Waals surface area contributed by atoms with E-state index < -0.39 is 0 Å². The molecule has 0 aromatic carbocycles. The molecule has 0 atom stereocenters. The van der Waals surface area contributed by atoms with Gasteiger partial charge in [0.2, 0.25) is 0 Å². The summed E-state index contributed by atoms with van der Waals surface area (Å²) >= 11 is 0. The maximum atomic E-state index is 6.02. The monoisotopic (exact) mass is 235 g/mol. The number of nitrogens with two attached hydrogens (primary N) is 1. The number of rotatable bonds is 2. The minimum Gasteiger partial charge on any atom is -0.370 e. The fraction of sp³-hybridized carbons (Fsp3) is 0.667. The molecule has 2 heterocycles. The maximum absolute atomic E-state index is 6.02. The molecule has 17 heavy (non-hydrogen) atoms. The van der Waals surface area contributed by atoms with Crippen molar-refractivity contribution in [2.75, 3.05) is 13.1 Å². The first-order valence-electron chi connectivity index (χ1n) is 6.28. The van der Waals surface area contributed by atoms with E-state index >= 15 is 0 Å². The van der Waals surface area contributed by atoms with Gasteiger partial charge >= 0.3 is 0 Å². The lowest BCUT2D eigenvalue weighted by Gasteiger charge is -2.20.